The van der Waals surface area contributed by atoms with Gasteiger partial charge in [-0.1, -0.05) is 25.1 Å². The predicted octanol–water partition coefficient (Wildman–Crippen LogP) is 4.86. The molecule has 21 heavy (non-hydrogen) atoms. The molecule has 3 rings (SSSR count). The van der Waals surface area contributed by atoms with Gasteiger partial charge in [0.2, 0.25) is 0 Å². The van der Waals surface area contributed by atoms with Crippen LogP contribution in [0.2, 0.25) is 0 Å². The summed E-state index contributed by atoms with van der Waals surface area (Å²) in [4.78, 5) is 1.41. The van der Waals surface area contributed by atoms with Gasteiger partial charge in [0.15, 0.2) is 0 Å². The summed E-state index contributed by atoms with van der Waals surface area (Å²) < 4.78 is 8.26. The zero-order valence-corrected chi connectivity index (χ0v) is 13.9. The molecule has 4 heteroatoms. The molecular weight excluding hydrogens is 298 g/mol. The molecule has 0 bridgehead atoms. The van der Waals surface area contributed by atoms with Crippen LogP contribution in [0.3, 0.4) is 0 Å². The molecule has 0 aliphatic rings. The van der Waals surface area contributed by atoms with E-state index in [1.54, 1.807) is 7.11 Å². The van der Waals surface area contributed by atoms with Crippen molar-refractivity contribution in [1.29, 1.82) is 0 Å². The number of benzene rings is 1. The largest absolute Gasteiger partial charge is 0.496 e. The van der Waals surface area contributed by atoms with Gasteiger partial charge >= 0.3 is 0 Å². The molecule has 2 heterocycles. The van der Waals surface area contributed by atoms with Gasteiger partial charge < -0.3 is 10.1 Å². The summed E-state index contributed by atoms with van der Waals surface area (Å²) in [5, 5.41) is 5.77. The summed E-state index contributed by atoms with van der Waals surface area (Å²) in [7, 11) is 1.74. The van der Waals surface area contributed by atoms with Crippen LogP contribution in [0.15, 0.2) is 41.8 Å². The van der Waals surface area contributed by atoms with E-state index in [1.165, 1.54) is 19.8 Å². The minimum Gasteiger partial charge on any atom is -0.496 e. The normalized spacial score (nSPS) is 12.7. The summed E-state index contributed by atoms with van der Waals surface area (Å²) in [5.41, 5.74) is 1.25. The van der Waals surface area contributed by atoms with Gasteiger partial charge in [0, 0.05) is 20.3 Å². The Bertz CT molecular complexity index is 688. The van der Waals surface area contributed by atoms with Gasteiger partial charge in [-0.25, -0.2) is 0 Å². The highest BCUT2D eigenvalue weighted by Crippen LogP contribution is 2.35. The molecule has 0 saturated carbocycles. The molecule has 0 radical (unpaired) electrons. The molecule has 110 valence electrons. The lowest BCUT2D eigenvalue weighted by molar-refractivity contribution is 0.406. The van der Waals surface area contributed by atoms with Crippen molar-refractivity contribution in [2.45, 2.75) is 19.4 Å². The number of para-hydroxylation sites is 1. The van der Waals surface area contributed by atoms with E-state index in [4.69, 9.17) is 4.74 Å². The van der Waals surface area contributed by atoms with Crippen molar-refractivity contribution in [3.8, 4) is 5.75 Å². The Morgan fingerprint density at radius 3 is 2.81 bits per heavy atom. The maximum atomic E-state index is 5.48. The van der Waals surface area contributed by atoms with Crippen LogP contribution in [0.4, 0.5) is 0 Å². The second-order valence-corrected chi connectivity index (χ2v) is 6.99. The van der Waals surface area contributed by atoms with Crippen LogP contribution in [0.25, 0.3) is 9.40 Å². The number of hydrogen-bond acceptors (Lipinski definition) is 4. The number of fused-ring (bicyclic) bond motifs is 1. The monoisotopic (exact) mass is 317 g/mol. The van der Waals surface area contributed by atoms with Gasteiger partial charge in [-0.15, -0.1) is 22.7 Å². The molecule has 1 unspecified atom stereocenters. The maximum Gasteiger partial charge on any atom is 0.122 e. The average Bonchev–Trinajstić information content (AvgIpc) is 3.08. The molecule has 0 spiro atoms. The second-order valence-electron chi connectivity index (χ2n) is 4.92. The van der Waals surface area contributed by atoms with Crippen LogP contribution in [-0.4, -0.2) is 13.7 Å². The molecule has 0 saturated heterocycles. The zero-order chi connectivity index (χ0) is 14.7. The van der Waals surface area contributed by atoms with E-state index in [1.807, 2.05) is 34.8 Å². The van der Waals surface area contributed by atoms with E-state index in [-0.39, 0.29) is 0 Å². The van der Waals surface area contributed by atoms with Crippen LogP contribution in [-0.2, 0) is 6.42 Å². The average molecular weight is 317 g/mol. The fourth-order valence-electron chi connectivity index (χ4n) is 2.57. The number of nitrogens with one attached hydrogen (secondary N) is 1. The molecular formula is C17H19NOS2. The molecule has 0 amide bonds. The van der Waals surface area contributed by atoms with Gasteiger partial charge in [-0.3, -0.25) is 0 Å². The lowest BCUT2D eigenvalue weighted by atomic mass is 10.0. The van der Waals surface area contributed by atoms with Gasteiger partial charge in [0.1, 0.15) is 5.75 Å². The van der Waals surface area contributed by atoms with Crippen LogP contribution < -0.4 is 10.1 Å². The zero-order valence-electron chi connectivity index (χ0n) is 12.3. The van der Waals surface area contributed by atoms with E-state index in [2.05, 4.69) is 41.9 Å². The van der Waals surface area contributed by atoms with E-state index in [0.29, 0.717) is 6.04 Å². The fraction of sp³-hybridized carbons (Fsp3) is 0.294. The molecule has 2 aromatic heterocycles. The number of likely N-dealkylation sites (N-methyl/N-ethyl adjacent to an activating group) is 1. The summed E-state index contributed by atoms with van der Waals surface area (Å²) in [6, 6.07) is 13.2. The summed E-state index contributed by atoms with van der Waals surface area (Å²) in [6.07, 6.45) is 0.950. The summed E-state index contributed by atoms with van der Waals surface area (Å²) in [6.45, 7) is 3.12. The Hall–Kier alpha value is -1.36. The van der Waals surface area contributed by atoms with Gasteiger partial charge in [0.25, 0.3) is 0 Å². The Morgan fingerprint density at radius 1 is 1.19 bits per heavy atom. The Kier molecular flexibility index (Phi) is 4.58. The topological polar surface area (TPSA) is 21.3 Å². The number of hydrogen-bond donors (Lipinski definition) is 1. The van der Waals surface area contributed by atoms with Crippen LogP contribution in [0.1, 0.15) is 23.4 Å². The molecule has 0 fully saturated rings. The first kappa shape index (κ1) is 14.6. The van der Waals surface area contributed by atoms with Crippen molar-refractivity contribution in [3.05, 3.63) is 52.2 Å². The summed E-state index contributed by atoms with van der Waals surface area (Å²) >= 11 is 3.71. The van der Waals surface area contributed by atoms with E-state index < -0.39 is 0 Å². The van der Waals surface area contributed by atoms with Crippen LogP contribution in [0.5, 0.6) is 5.75 Å². The molecule has 1 N–H and O–H groups in total. The number of methoxy groups -OCH3 is 1. The first-order valence-corrected chi connectivity index (χ1v) is 8.83. The Balaban J connectivity index is 1.89. The van der Waals surface area contributed by atoms with Crippen molar-refractivity contribution in [2.75, 3.05) is 13.7 Å². The second kappa shape index (κ2) is 6.60. The summed E-state index contributed by atoms with van der Waals surface area (Å²) in [5.74, 6) is 0.971. The molecule has 3 aromatic rings. The van der Waals surface area contributed by atoms with Crippen molar-refractivity contribution >= 4 is 32.1 Å². The number of thiophene rings is 2. The fourth-order valence-corrected chi connectivity index (χ4v) is 4.76. The minimum atomic E-state index is 0.343. The Morgan fingerprint density at radius 2 is 2.05 bits per heavy atom. The Labute approximate surface area is 133 Å². The van der Waals surface area contributed by atoms with Crippen LogP contribution >= 0.6 is 22.7 Å². The van der Waals surface area contributed by atoms with Crippen LogP contribution in [0, 0.1) is 0 Å². The lowest BCUT2D eigenvalue weighted by Gasteiger charge is -2.18. The molecule has 1 atom stereocenters. The van der Waals surface area contributed by atoms with Crippen molar-refractivity contribution in [1.82, 2.24) is 5.32 Å². The molecule has 0 aliphatic heterocycles. The van der Waals surface area contributed by atoms with Gasteiger partial charge in [0.05, 0.1) is 7.11 Å². The van der Waals surface area contributed by atoms with Crippen molar-refractivity contribution < 1.29 is 4.74 Å². The van der Waals surface area contributed by atoms with E-state index in [0.717, 1.165) is 18.7 Å². The highest BCUT2D eigenvalue weighted by atomic mass is 32.1. The van der Waals surface area contributed by atoms with Gasteiger partial charge in [-0.2, -0.15) is 0 Å². The molecule has 2 nitrogen and oxygen atoms in total. The minimum absolute atomic E-state index is 0.343. The third-order valence-corrected chi connectivity index (χ3v) is 5.78. The lowest BCUT2D eigenvalue weighted by Crippen LogP contribution is -2.22. The predicted molar refractivity (Wildman–Crippen MR) is 92.8 cm³/mol. The first-order valence-electron chi connectivity index (χ1n) is 7.14. The van der Waals surface area contributed by atoms with Crippen molar-refractivity contribution in [3.63, 3.8) is 0 Å². The van der Waals surface area contributed by atoms with E-state index >= 15 is 0 Å². The SMILES string of the molecule is CCNC(Cc1ccccc1OC)c1cc2sccc2s1. The smallest absolute Gasteiger partial charge is 0.122 e. The number of ether oxygens (including phenoxy) is 1. The highest BCUT2D eigenvalue weighted by Gasteiger charge is 2.16. The van der Waals surface area contributed by atoms with Gasteiger partial charge in [-0.05, 0) is 42.1 Å². The molecule has 1 aromatic carbocycles. The molecule has 0 aliphatic carbocycles. The standard InChI is InChI=1S/C17H19NOS2/c1-3-18-13(10-12-6-4-5-7-14(12)19-2)16-11-17-15(21-16)8-9-20-17/h4-9,11,13,18H,3,10H2,1-2H3. The van der Waals surface area contributed by atoms with Crippen molar-refractivity contribution in [2.24, 2.45) is 0 Å². The highest BCUT2D eigenvalue weighted by molar-refractivity contribution is 7.26. The van der Waals surface area contributed by atoms with E-state index in [9.17, 15) is 0 Å². The number of rotatable bonds is 6. The third kappa shape index (κ3) is 3.12. The maximum absolute atomic E-state index is 5.48. The quantitative estimate of drug-likeness (QED) is 0.700. The first-order chi connectivity index (χ1) is 10.3. The third-order valence-electron chi connectivity index (χ3n) is 3.57.